The Morgan fingerprint density at radius 2 is 1.92 bits per heavy atom. The molecule has 0 saturated carbocycles. The van der Waals surface area contributed by atoms with Crippen LogP contribution in [0.25, 0.3) is 0 Å². The quantitative estimate of drug-likeness (QED) is 0.840. The van der Waals surface area contributed by atoms with E-state index in [-0.39, 0.29) is 25.5 Å². The summed E-state index contributed by atoms with van der Waals surface area (Å²) < 4.78 is 10.5. The maximum atomic E-state index is 12.3. The van der Waals surface area contributed by atoms with Gasteiger partial charge in [0.05, 0.1) is 6.42 Å². The summed E-state index contributed by atoms with van der Waals surface area (Å²) in [6.07, 6.45) is -0.819. The number of carbonyl (C=O) groups excluding carboxylic acids is 3. The van der Waals surface area contributed by atoms with E-state index in [0.717, 1.165) is 5.56 Å². The van der Waals surface area contributed by atoms with E-state index in [1.54, 1.807) is 20.8 Å². The van der Waals surface area contributed by atoms with Gasteiger partial charge in [0.2, 0.25) is 5.91 Å². The number of rotatable bonds is 4. The zero-order valence-electron chi connectivity index (χ0n) is 14.8. The van der Waals surface area contributed by atoms with Gasteiger partial charge in [-0.15, -0.1) is 0 Å². The first-order valence-electron chi connectivity index (χ1n) is 8.23. The molecule has 0 radical (unpaired) electrons. The number of carbonyl (C=O) groups is 3. The molecule has 1 heterocycles. The highest BCUT2D eigenvalue weighted by atomic mass is 16.6. The SMILES string of the molecule is CC(C)(C)OC(=O)N1CCNC(=O)[C@@H]1CC(=O)OCc1ccccc1. The highest BCUT2D eigenvalue weighted by molar-refractivity contribution is 5.90. The third-order valence-corrected chi connectivity index (χ3v) is 3.56. The van der Waals surface area contributed by atoms with Crippen LogP contribution in [-0.2, 0) is 25.7 Å². The fraction of sp³-hybridized carbons (Fsp3) is 0.500. The van der Waals surface area contributed by atoms with E-state index in [9.17, 15) is 14.4 Å². The van der Waals surface area contributed by atoms with Crippen LogP contribution < -0.4 is 5.32 Å². The number of piperazine rings is 1. The van der Waals surface area contributed by atoms with Gasteiger partial charge in [0.25, 0.3) is 0 Å². The average molecular weight is 348 g/mol. The van der Waals surface area contributed by atoms with Gasteiger partial charge < -0.3 is 14.8 Å². The van der Waals surface area contributed by atoms with E-state index < -0.39 is 23.7 Å². The molecular formula is C18H24N2O5. The Balaban J connectivity index is 1.96. The molecule has 2 rings (SSSR count). The highest BCUT2D eigenvalue weighted by Gasteiger charge is 2.37. The molecule has 2 amide bonds. The van der Waals surface area contributed by atoms with Crippen LogP contribution in [-0.4, -0.2) is 47.6 Å². The summed E-state index contributed by atoms with van der Waals surface area (Å²) in [5.41, 5.74) is 0.177. The van der Waals surface area contributed by atoms with Crippen LogP contribution in [0.4, 0.5) is 4.79 Å². The number of benzene rings is 1. The number of nitrogens with zero attached hydrogens (tertiary/aromatic N) is 1. The molecule has 25 heavy (non-hydrogen) atoms. The Kier molecular flexibility index (Phi) is 6.01. The van der Waals surface area contributed by atoms with E-state index in [2.05, 4.69) is 5.32 Å². The molecule has 136 valence electrons. The summed E-state index contributed by atoms with van der Waals surface area (Å²) in [5.74, 6) is -0.923. The second kappa shape index (κ2) is 8.00. The van der Waals surface area contributed by atoms with Crippen LogP contribution in [0.1, 0.15) is 32.8 Å². The van der Waals surface area contributed by atoms with Crippen molar-refractivity contribution in [3.05, 3.63) is 35.9 Å². The second-order valence-electron chi connectivity index (χ2n) is 6.83. The largest absolute Gasteiger partial charge is 0.461 e. The van der Waals surface area contributed by atoms with Gasteiger partial charge in [-0.2, -0.15) is 0 Å². The molecule has 7 nitrogen and oxygen atoms in total. The lowest BCUT2D eigenvalue weighted by Crippen LogP contribution is -2.58. The van der Waals surface area contributed by atoms with Crippen molar-refractivity contribution in [1.29, 1.82) is 0 Å². The number of hydrogen-bond donors (Lipinski definition) is 1. The van der Waals surface area contributed by atoms with Crippen molar-refractivity contribution in [2.75, 3.05) is 13.1 Å². The summed E-state index contributed by atoms with van der Waals surface area (Å²) in [7, 11) is 0. The van der Waals surface area contributed by atoms with Crippen molar-refractivity contribution in [3.8, 4) is 0 Å². The zero-order valence-corrected chi connectivity index (χ0v) is 14.8. The Bertz CT molecular complexity index is 624. The molecule has 1 aromatic rings. The second-order valence-corrected chi connectivity index (χ2v) is 6.83. The standard InChI is InChI=1S/C18H24N2O5/c1-18(2,3)25-17(23)20-10-9-19-16(22)14(20)11-15(21)24-12-13-7-5-4-6-8-13/h4-8,14H,9-12H2,1-3H3,(H,19,22)/t14-/m0/s1. The monoisotopic (exact) mass is 348 g/mol. The molecular weight excluding hydrogens is 324 g/mol. The molecule has 0 aromatic heterocycles. The van der Waals surface area contributed by atoms with Gasteiger partial charge in [-0.05, 0) is 26.3 Å². The van der Waals surface area contributed by atoms with Crippen molar-refractivity contribution in [1.82, 2.24) is 10.2 Å². The minimum Gasteiger partial charge on any atom is -0.461 e. The molecule has 7 heteroatoms. The molecule has 1 fully saturated rings. The van der Waals surface area contributed by atoms with E-state index in [1.165, 1.54) is 4.90 Å². The summed E-state index contributed by atoms with van der Waals surface area (Å²) >= 11 is 0. The van der Waals surface area contributed by atoms with Gasteiger partial charge in [0, 0.05) is 13.1 Å². The molecule has 1 aromatic carbocycles. The topological polar surface area (TPSA) is 84.9 Å². The summed E-state index contributed by atoms with van der Waals surface area (Å²) in [6.45, 7) is 5.99. The fourth-order valence-electron chi connectivity index (χ4n) is 2.41. The molecule has 1 aliphatic rings. The minimum absolute atomic E-state index is 0.125. The Labute approximate surface area is 147 Å². The lowest BCUT2D eigenvalue weighted by molar-refractivity contribution is -0.149. The van der Waals surface area contributed by atoms with Crippen LogP contribution in [0.15, 0.2) is 30.3 Å². The lowest BCUT2D eigenvalue weighted by atomic mass is 10.1. The molecule has 1 saturated heterocycles. The van der Waals surface area contributed by atoms with Crippen molar-refractivity contribution in [3.63, 3.8) is 0 Å². The summed E-state index contributed by atoms with van der Waals surface area (Å²) in [6, 6.07) is 8.33. The molecule has 0 aliphatic carbocycles. The van der Waals surface area contributed by atoms with E-state index in [4.69, 9.17) is 9.47 Å². The van der Waals surface area contributed by atoms with Crippen LogP contribution in [0.5, 0.6) is 0 Å². The average Bonchev–Trinajstić information content (AvgIpc) is 2.54. The van der Waals surface area contributed by atoms with Gasteiger partial charge in [0.1, 0.15) is 18.2 Å². The lowest BCUT2D eigenvalue weighted by Gasteiger charge is -2.35. The number of ether oxygens (including phenoxy) is 2. The van der Waals surface area contributed by atoms with Gasteiger partial charge in [-0.25, -0.2) is 4.79 Å². The minimum atomic E-state index is -0.924. The van der Waals surface area contributed by atoms with E-state index >= 15 is 0 Å². The normalized spacial score (nSPS) is 17.6. The molecule has 1 atom stereocenters. The molecule has 1 aliphatic heterocycles. The van der Waals surface area contributed by atoms with Gasteiger partial charge in [-0.1, -0.05) is 30.3 Å². The van der Waals surface area contributed by atoms with Crippen LogP contribution in [0, 0.1) is 0 Å². The third kappa shape index (κ3) is 5.77. The maximum Gasteiger partial charge on any atom is 0.411 e. The zero-order chi connectivity index (χ0) is 18.4. The number of hydrogen-bond acceptors (Lipinski definition) is 5. The van der Waals surface area contributed by atoms with E-state index in [1.807, 2.05) is 30.3 Å². The van der Waals surface area contributed by atoms with Crippen molar-refractivity contribution in [2.24, 2.45) is 0 Å². The Hall–Kier alpha value is -2.57. The first kappa shape index (κ1) is 18.8. The van der Waals surface area contributed by atoms with Gasteiger partial charge in [0.15, 0.2) is 0 Å². The van der Waals surface area contributed by atoms with Crippen molar-refractivity contribution >= 4 is 18.0 Å². The van der Waals surface area contributed by atoms with Crippen LogP contribution >= 0.6 is 0 Å². The molecule has 0 bridgehead atoms. The van der Waals surface area contributed by atoms with Crippen LogP contribution in [0.2, 0.25) is 0 Å². The summed E-state index contributed by atoms with van der Waals surface area (Å²) in [5, 5.41) is 2.66. The number of amides is 2. The molecule has 0 spiro atoms. The number of nitrogens with one attached hydrogen (secondary N) is 1. The fourth-order valence-corrected chi connectivity index (χ4v) is 2.41. The van der Waals surface area contributed by atoms with Gasteiger partial charge in [-0.3, -0.25) is 14.5 Å². The van der Waals surface area contributed by atoms with Crippen LogP contribution in [0.3, 0.4) is 0 Å². The van der Waals surface area contributed by atoms with Crippen molar-refractivity contribution in [2.45, 2.75) is 45.4 Å². The molecule has 1 N–H and O–H groups in total. The molecule has 0 unspecified atom stereocenters. The Morgan fingerprint density at radius 3 is 2.56 bits per heavy atom. The first-order chi connectivity index (χ1) is 11.8. The number of esters is 1. The smallest absolute Gasteiger partial charge is 0.411 e. The highest BCUT2D eigenvalue weighted by Crippen LogP contribution is 2.16. The van der Waals surface area contributed by atoms with Gasteiger partial charge >= 0.3 is 12.1 Å². The predicted molar refractivity (Wildman–Crippen MR) is 90.6 cm³/mol. The third-order valence-electron chi connectivity index (χ3n) is 3.56. The maximum absolute atomic E-state index is 12.3. The summed E-state index contributed by atoms with van der Waals surface area (Å²) in [4.78, 5) is 37.8. The predicted octanol–water partition coefficient (Wildman–Crippen LogP) is 1.86. The first-order valence-corrected chi connectivity index (χ1v) is 8.23. The Morgan fingerprint density at radius 1 is 1.24 bits per heavy atom. The van der Waals surface area contributed by atoms with Crippen molar-refractivity contribution < 1.29 is 23.9 Å². The van der Waals surface area contributed by atoms with E-state index in [0.29, 0.717) is 6.54 Å².